The third-order valence-electron chi connectivity index (χ3n) is 2.10. The van der Waals surface area contributed by atoms with Crippen molar-refractivity contribution in [1.82, 2.24) is 14.5 Å². The maximum absolute atomic E-state index is 10.8. The zero-order valence-corrected chi connectivity index (χ0v) is 8.57. The third kappa shape index (κ3) is 2.12. The first-order valence-corrected chi connectivity index (χ1v) is 4.61. The molecule has 0 fully saturated rings. The fourth-order valence-electron chi connectivity index (χ4n) is 1.24. The predicted octanol–water partition coefficient (Wildman–Crippen LogP) is 0.0644. The van der Waals surface area contributed by atoms with E-state index in [2.05, 4.69) is 9.97 Å². The lowest BCUT2D eigenvalue weighted by atomic mass is 10.3. The molecule has 0 saturated carbocycles. The molecular weight excluding hydrogens is 224 g/mol. The van der Waals surface area contributed by atoms with E-state index >= 15 is 0 Å². The van der Waals surface area contributed by atoms with Crippen molar-refractivity contribution < 1.29 is 14.7 Å². The molecule has 1 amide bonds. The van der Waals surface area contributed by atoms with E-state index in [1.807, 2.05) is 0 Å². The molecule has 0 bridgehead atoms. The van der Waals surface area contributed by atoms with Crippen molar-refractivity contribution >= 4 is 11.9 Å². The highest BCUT2D eigenvalue weighted by Gasteiger charge is 2.08. The Morgan fingerprint density at radius 2 is 2.06 bits per heavy atom. The largest absolute Gasteiger partial charge is 0.476 e. The van der Waals surface area contributed by atoms with Gasteiger partial charge in [-0.05, 0) is 12.1 Å². The molecule has 0 saturated heterocycles. The molecule has 17 heavy (non-hydrogen) atoms. The number of nitrogens with zero attached hydrogens (tertiary/aromatic N) is 3. The topological polar surface area (TPSA) is 111 Å². The van der Waals surface area contributed by atoms with Gasteiger partial charge in [-0.1, -0.05) is 0 Å². The number of aromatic carboxylic acids is 1. The number of hydrogen-bond acceptors (Lipinski definition) is 4. The summed E-state index contributed by atoms with van der Waals surface area (Å²) in [5.74, 6) is -1.23. The Kier molecular flexibility index (Phi) is 2.57. The van der Waals surface area contributed by atoms with E-state index in [-0.39, 0.29) is 11.3 Å². The summed E-state index contributed by atoms with van der Waals surface area (Å²) in [7, 11) is 0. The van der Waals surface area contributed by atoms with E-state index < -0.39 is 11.9 Å². The van der Waals surface area contributed by atoms with Crippen molar-refractivity contribution in [2.45, 2.75) is 0 Å². The summed E-state index contributed by atoms with van der Waals surface area (Å²) in [4.78, 5) is 29.1. The third-order valence-corrected chi connectivity index (χ3v) is 2.10. The first kappa shape index (κ1) is 10.8. The van der Waals surface area contributed by atoms with Crippen molar-refractivity contribution in [2.75, 3.05) is 0 Å². The normalized spacial score (nSPS) is 10.1. The van der Waals surface area contributed by atoms with Crippen molar-refractivity contribution in [1.29, 1.82) is 0 Å². The lowest BCUT2D eigenvalue weighted by Gasteiger charge is -2.00. The molecule has 0 aromatic carbocycles. The number of hydrogen-bond donors (Lipinski definition) is 2. The average Bonchev–Trinajstić information content (AvgIpc) is 2.78. The van der Waals surface area contributed by atoms with Crippen LogP contribution in [0.2, 0.25) is 0 Å². The number of aromatic nitrogens is 3. The van der Waals surface area contributed by atoms with Crippen LogP contribution in [-0.2, 0) is 0 Å². The molecule has 7 heteroatoms. The van der Waals surface area contributed by atoms with Gasteiger partial charge < -0.3 is 10.8 Å². The molecule has 0 atom stereocenters. The number of imidazole rings is 1. The minimum Gasteiger partial charge on any atom is -0.476 e. The fraction of sp³-hybridized carbons (Fsp3) is 0. The number of primary amides is 1. The van der Waals surface area contributed by atoms with Gasteiger partial charge in [-0.3, -0.25) is 9.36 Å². The number of pyridine rings is 1. The van der Waals surface area contributed by atoms with Crippen molar-refractivity contribution in [3.63, 3.8) is 0 Å². The fourth-order valence-corrected chi connectivity index (χ4v) is 1.24. The zero-order chi connectivity index (χ0) is 12.4. The highest BCUT2D eigenvalue weighted by atomic mass is 16.4. The van der Waals surface area contributed by atoms with Crippen LogP contribution in [0.25, 0.3) is 5.82 Å². The van der Waals surface area contributed by atoms with E-state index in [0.717, 1.165) is 0 Å². The Bertz CT molecular complexity index is 573. The van der Waals surface area contributed by atoms with Crippen LogP contribution in [0.5, 0.6) is 0 Å². The second-order valence-corrected chi connectivity index (χ2v) is 3.24. The Morgan fingerprint density at radius 3 is 2.53 bits per heavy atom. The summed E-state index contributed by atoms with van der Waals surface area (Å²) in [6.45, 7) is 0. The van der Waals surface area contributed by atoms with Crippen LogP contribution >= 0.6 is 0 Å². The summed E-state index contributed by atoms with van der Waals surface area (Å²) < 4.78 is 1.44. The van der Waals surface area contributed by atoms with Crippen LogP contribution in [0.4, 0.5) is 0 Å². The highest BCUT2D eigenvalue weighted by molar-refractivity contribution is 5.92. The van der Waals surface area contributed by atoms with Crippen molar-refractivity contribution in [3.05, 3.63) is 42.1 Å². The Hall–Kier alpha value is -2.70. The van der Waals surface area contributed by atoms with Gasteiger partial charge in [0.25, 0.3) is 0 Å². The van der Waals surface area contributed by atoms with Crippen LogP contribution in [0, 0.1) is 0 Å². The highest BCUT2D eigenvalue weighted by Crippen LogP contribution is 2.07. The van der Waals surface area contributed by atoms with Crippen LogP contribution in [0.3, 0.4) is 0 Å². The number of rotatable bonds is 3. The van der Waals surface area contributed by atoms with Crippen LogP contribution in [0.1, 0.15) is 20.8 Å². The lowest BCUT2D eigenvalue weighted by Crippen LogP contribution is -2.11. The number of amides is 1. The maximum atomic E-state index is 10.8. The first-order valence-electron chi connectivity index (χ1n) is 4.61. The summed E-state index contributed by atoms with van der Waals surface area (Å²) in [6, 6.07) is 3.05. The summed E-state index contributed by atoms with van der Waals surface area (Å²) in [6.07, 6.45) is 3.97. The van der Waals surface area contributed by atoms with Gasteiger partial charge in [-0.2, -0.15) is 0 Å². The molecule has 2 aromatic rings. The van der Waals surface area contributed by atoms with Crippen molar-refractivity contribution in [3.8, 4) is 5.82 Å². The monoisotopic (exact) mass is 232 g/mol. The summed E-state index contributed by atoms with van der Waals surface area (Å²) in [5.41, 5.74) is 5.28. The van der Waals surface area contributed by atoms with Gasteiger partial charge in [0.15, 0.2) is 5.69 Å². The molecule has 86 valence electrons. The van der Waals surface area contributed by atoms with E-state index in [0.29, 0.717) is 5.82 Å². The molecule has 2 rings (SSSR count). The minimum absolute atomic E-state index is 0.0780. The molecule has 0 aliphatic rings. The second-order valence-electron chi connectivity index (χ2n) is 3.24. The first-order chi connectivity index (χ1) is 8.08. The van der Waals surface area contributed by atoms with Crippen LogP contribution < -0.4 is 5.73 Å². The number of carbonyl (C=O) groups excluding carboxylic acids is 1. The minimum atomic E-state index is -1.11. The molecule has 0 aliphatic carbocycles. The molecule has 2 heterocycles. The molecule has 2 aromatic heterocycles. The zero-order valence-electron chi connectivity index (χ0n) is 8.57. The molecule has 0 radical (unpaired) electrons. The maximum Gasteiger partial charge on any atom is 0.356 e. The second kappa shape index (κ2) is 4.05. The number of carbonyl (C=O) groups is 2. The number of carboxylic acid groups (broad SMARTS) is 1. The van der Waals surface area contributed by atoms with E-state index in [1.165, 1.54) is 29.4 Å². The van der Waals surface area contributed by atoms with Gasteiger partial charge in [0.1, 0.15) is 12.1 Å². The molecular formula is C10H8N4O3. The number of carboxylic acids is 1. The van der Waals surface area contributed by atoms with Gasteiger partial charge in [0.05, 0.1) is 5.56 Å². The number of nitrogens with two attached hydrogens (primary N) is 1. The molecule has 0 aliphatic heterocycles. The van der Waals surface area contributed by atoms with Crippen LogP contribution in [-0.4, -0.2) is 31.5 Å². The van der Waals surface area contributed by atoms with Crippen molar-refractivity contribution in [2.24, 2.45) is 5.73 Å². The van der Waals surface area contributed by atoms with Gasteiger partial charge in [-0.25, -0.2) is 14.8 Å². The quantitative estimate of drug-likeness (QED) is 0.777. The Balaban J connectivity index is 2.33. The van der Waals surface area contributed by atoms with E-state index in [4.69, 9.17) is 10.8 Å². The smallest absolute Gasteiger partial charge is 0.356 e. The standard InChI is InChI=1S/C10H8N4O3/c11-9(15)6-1-2-8(12-3-6)14-4-7(10(16)17)13-5-14/h1-5H,(H2,11,15)(H,16,17). The molecule has 3 N–H and O–H groups in total. The summed E-state index contributed by atoms with van der Waals surface area (Å²) in [5, 5.41) is 8.70. The van der Waals surface area contributed by atoms with Gasteiger partial charge in [-0.15, -0.1) is 0 Å². The van der Waals surface area contributed by atoms with Gasteiger partial charge in [0.2, 0.25) is 5.91 Å². The lowest BCUT2D eigenvalue weighted by molar-refractivity contribution is 0.0691. The average molecular weight is 232 g/mol. The van der Waals surface area contributed by atoms with E-state index in [1.54, 1.807) is 6.07 Å². The molecule has 7 nitrogen and oxygen atoms in total. The Labute approximate surface area is 95.5 Å². The summed E-state index contributed by atoms with van der Waals surface area (Å²) >= 11 is 0. The SMILES string of the molecule is NC(=O)c1ccc(-n2cnc(C(=O)O)c2)nc1. The van der Waals surface area contributed by atoms with Gasteiger partial charge >= 0.3 is 5.97 Å². The Morgan fingerprint density at radius 1 is 1.29 bits per heavy atom. The molecule has 0 spiro atoms. The van der Waals surface area contributed by atoms with Gasteiger partial charge in [0, 0.05) is 12.4 Å². The van der Waals surface area contributed by atoms with Crippen LogP contribution in [0.15, 0.2) is 30.9 Å². The molecule has 0 unspecified atom stereocenters. The predicted molar refractivity (Wildman–Crippen MR) is 56.8 cm³/mol. The van der Waals surface area contributed by atoms with E-state index in [9.17, 15) is 9.59 Å².